The summed E-state index contributed by atoms with van der Waals surface area (Å²) in [5, 5.41) is 10.7. The van der Waals surface area contributed by atoms with Crippen molar-refractivity contribution >= 4 is 22.5 Å². The average Bonchev–Trinajstić information content (AvgIpc) is 2.50. The molecule has 1 aromatic heterocycles. The van der Waals surface area contributed by atoms with Gasteiger partial charge in [-0.05, 0) is 12.1 Å². The first kappa shape index (κ1) is 14.7. The van der Waals surface area contributed by atoms with Crippen molar-refractivity contribution in [3.05, 3.63) is 41.0 Å². The van der Waals surface area contributed by atoms with Crippen molar-refractivity contribution in [3.8, 4) is 0 Å². The molecular formula is C16H20ClN3O. The predicted molar refractivity (Wildman–Crippen MR) is 85.6 cm³/mol. The number of hydrogen-bond donors (Lipinski definition) is 1. The Morgan fingerprint density at radius 3 is 2.57 bits per heavy atom. The van der Waals surface area contributed by atoms with Crippen LogP contribution >= 0.6 is 11.6 Å². The quantitative estimate of drug-likeness (QED) is 0.877. The Hall–Kier alpha value is -1.20. The fraction of sp³-hybridized carbons (Fsp3) is 0.438. The summed E-state index contributed by atoms with van der Waals surface area (Å²) in [7, 11) is 0. The summed E-state index contributed by atoms with van der Waals surface area (Å²) in [5.74, 6) is 0. The first-order valence-corrected chi connectivity index (χ1v) is 7.74. The molecule has 1 aliphatic heterocycles. The van der Waals surface area contributed by atoms with Gasteiger partial charge in [-0.1, -0.05) is 29.8 Å². The van der Waals surface area contributed by atoms with Gasteiger partial charge in [0.15, 0.2) is 0 Å². The second-order valence-electron chi connectivity index (χ2n) is 5.47. The number of halogens is 1. The van der Waals surface area contributed by atoms with Crippen molar-refractivity contribution in [2.45, 2.75) is 6.54 Å². The van der Waals surface area contributed by atoms with Crippen molar-refractivity contribution in [3.63, 3.8) is 0 Å². The molecule has 0 saturated carbocycles. The zero-order chi connectivity index (χ0) is 14.7. The molecule has 1 aromatic carbocycles. The van der Waals surface area contributed by atoms with Crippen molar-refractivity contribution < 1.29 is 5.11 Å². The second-order valence-corrected chi connectivity index (χ2v) is 5.83. The summed E-state index contributed by atoms with van der Waals surface area (Å²) in [6, 6.07) is 10.2. The number of β-amino-alcohol motifs (C(OH)–C–C–N with tert-alkyl or cyclic N) is 1. The number of piperazine rings is 1. The normalized spacial score (nSPS) is 17.4. The van der Waals surface area contributed by atoms with E-state index >= 15 is 0 Å². The molecule has 1 N–H and O–H groups in total. The maximum atomic E-state index is 8.98. The lowest BCUT2D eigenvalue weighted by Gasteiger charge is -2.34. The van der Waals surface area contributed by atoms with E-state index in [1.807, 2.05) is 18.2 Å². The number of aliphatic hydroxyl groups excluding tert-OH is 1. The minimum atomic E-state index is 0.237. The number of fused-ring (bicyclic) bond motifs is 1. The molecule has 0 atom stereocenters. The van der Waals surface area contributed by atoms with Gasteiger partial charge in [0.25, 0.3) is 0 Å². The molecule has 0 radical (unpaired) electrons. The van der Waals surface area contributed by atoms with E-state index in [1.165, 1.54) is 0 Å². The average molecular weight is 306 g/mol. The van der Waals surface area contributed by atoms with Gasteiger partial charge in [-0.15, -0.1) is 0 Å². The summed E-state index contributed by atoms with van der Waals surface area (Å²) < 4.78 is 0. The van der Waals surface area contributed by atoms with Crippen LogP contribution in [0, 0.1) is 0 Å². The monoisotopic (exact) mass is 305 g/mol. The molecule has 2 heterocycles. The molecule has 0 aliphatic carbocycles. The number of pyridine rings is 1. The van der Waals surface area contributed by atoms with E-state index in [9.17, 15) is 0 Å². The molecule has 21 heavy (non-hydrogen) atoms. The number of rotatable bonds is 4. The third-order valence-corrected chi connectivity index (χ3v) is 4.35. The van der Waals surface area contributed by atoms with Crippen LogP contribution in [0.1, 0.15) is 5.56 Å². The van der Waals surface area contributed by atoms with Crippen LogP contribution in [0.25, 0.3) is 10.9 Å². The molecule has 0 spiro atoms. The van der Waals surface area contributed by atoms with Crippen LogP contribution in [-0.2, 0) is 6.54 Å². The maximum absolute atomic E-state index is 8.98. The number of hydrogen-bond acceptors (Lipinski definition) is 4. The Morgan fingerprint density at radius 1 is 1.10 bits per heavy atom. The lowest BCUT2D eigenvalue weighted by atomic mass is 10.1. The van der Waals surface area contributed by atoms with Crippen LogP contribution in [0.5, 0.6) is 0 Å². The van der Waals surface area contributed by atoms with Crippen molar-refractivity contribution in [2.24, 2.45) is 0 Å². The van der Waals surface area contributed by atoms with Crippen molar-refractivity contribution in [1.82, 2.24) is 14.8 Å². The molecule has 4 nitrogen and oxygen atoms in total. The summed E-state index contributed by atoms with van der Waals surface area (Å²) in [5.41, 5.74) is 2.03. The maximum Gasteiger partial charge on any atom is 0.134 e. The van der Waals surface area contributed by atoms with E-state index in [0.29, 0.717) is 5.15 Å². The summed E-state index contributed by atoms with van der Waals surface area (Å²) in [4.78, 5) is 9.16. The minimum Gasteiger partial charge on any atom is -0.395 e. The number of benzene rings is 1. The molecule has 0 amide bonds. The zero-order valence-electron chi connectivity index (χ0n) is 12.0. The first-order valence-electron chi connectivity index (χ1n) is 7.36. The number of aliphatic hydroxyl groups is 1. The largest absolute Gasteiger partial charge is 0.395 e. The Morgan fingerprint density at radius 2 is 1.81 bits per heavy atom. The minimum absolute atomic E-state index is 0.237. The van der Waals surface area contributed by atoms with Gasteiger partial charge in [-0.2, -0.15) is 0 Å². The molecule has 0 unspecified atom stereocenters. The molecule has 1 fully saturated rings. The highest BCUT2D eigenvalue weighted by Gasteiger charge is 2.17. The molecular weight excluding hydrogens is 286 g/mol. The molecule has 1 aliphatic rings. The number of nitrogens with zero attached hydrogens (tertiary/aromatic N) is 3. The highest BCUT2D eigenvalue weighted by molar-refractivity contribution is 6.30. The fourth-order valence-corrected chi connectivity index (χ4v) is 3.01. The highest BCUT2D eigenvalue weighted by atomic mass is 35.5. The topological polar surface area (TPSA) is 39.6 Å². The van der Waals surface area contributed by atoms with Crippen molar-refractivity contribution in [1.29, 1.82) is 0 Å². The Labute approximate surface area is 129 Å². The first-order chi connectivity index (χ1) is 10.3. The van der Waals surface area contributed by atoms with E-state index in [0.717, 1.165) is 55.7 Å². The Bertz CT molecular complexity index is 611. The predicted octanol–water partition coefficient (Wildman–Crippen LogP) is 2.00. The third-order valence-electron chi connectivity index (χ3n) is 4.03. The van der Waals surface area contributed by atoms with E-state index in [2.05, 4.69) is 26.9 Å². The molecule has 112 valence electrons. The second kappa shape index (κ2) is 6.71. The molecule has 3 rings (SSSR count). The molecule has 5 heteroatoms. The Kier molecular flexibility index (Phi) is 4.70. The van der Waals surface area contributed by atoms with Gasteiger partial charge in [0.05, 0.1) is 12.1 Å². The SMILES string of the molecule is OCCN1CCN(Cc2cc3ccccc3nc2Cl)CC1. The van der Waals surface area contributed by atoms with E-state index in [1.54, 1.807) is 0 Å². The van der Waals surface area contributed by atoms with Crippen LogP contribution < -0.4 is 0 Å². The van der Waals surface area contributed by atoms with Gasteiger partial charge in [0, 0.05) is 50.2 Å². The van der Waals surface area contributed by atoms with Crippen LogP contribution in [0.15, 0.2) is 30.3 Å². The van der Waals surface area contributed by atoms with Crippen LogP contribution in [-0.4, -0.2) is 59.2 Å². The zero-order valence-corrected chi connectivity index (χ0v) is 12.8. The lowest BCUT2D eigenvalue weighted by Crippen LogP contribution is -2.46. The van der Waals surface area contributed by atoms with Gasteiger partial charge < -0.3 is 5.11 Å². The third kappa shape index (κ3) is 3.52. The smallest absolute Gasteiger partial charge is 0.134 e. The van der Waals surface area contributed by atoms with Gasteiger partial charge >= 0.3 is 0 Å². The number of aromatic nitrogens is 1. The van der Waals surface area contributed by atoms with E-state index < -0.39 is 0 Å². The molecule has 2 aromatic rings. The molecule has 0 bridgehead atoms. The van der Waals surface area contributed by atoms with Gasteiger partial charge in [-0.25, -0.2) is 4.98 Å². The summed E-state index contributed by atoms with van der Waals surface area (Å²) >= 11 is 6.32. The lowest BCUT2D eigenvalue weighted by molar-refractivity contribution is 0.108. The molecule has 1 saturated heterocycles. The summed E-state index contributed by atoms with van der Waals surface area (Å²) in [6.45, 7) is 5.85. The standard InChI is InChI=1S/C16H20ClN3O/c17-16-14(11-13-3-1-2-4-15(13)18-16)12-20-7-5-19(6-8-20)9-10-21/h1-4,11,21H,5-10,12H2. The highest BCUT2D eigenvalue weighted by Crippen LogP contribution is 2.22. The van der Waals surface area contributed by atoms with Crippen molar-refractivity contribution in [2.75, 3.05) is 39.3 Å². The van der Waals surface area contributed by atoms with Gasteiger partial charge in [0.2, 0.25) is 0 Å². The fourth-order valence-electron chi connectivity index (χ4n) is 2.80. The van der Waals surface area contributed by atoms with Gasteiger partial charge in [0.1, 0.15) is 5.15 Å². The van der Waals surface area contributed by atoms with Crippen LogP contribution in [0.2, 0.25) is 5.15 Å². The van der Waals surface area contributed by atoms with Crippen LogP contribution in [0.4, 0.5) is 0 Å². The van der Waals surface area contributed by atoms with Crippen LogP contribution in [0.3, 0.4) is 0 Å². The Balaban J connectivity index is 1.69. The summed E-state index contributed by atoms with van der Waals surface area (Å²) in [6.07, 6.45) is 0. The van der Waals surface area contributed by atoms with E-state index in [4.69, 9.17) is 16.7 Å². The van der Waals surface area contributed by atoms with Gasteiger partial charge in [-0.3, -0.25) is 9.80 Å². The van der Waals surface area contributed by atoms with E-state index in [-0.39, 0.29) is 6.61 Å². The number of para-hydroxylation sites is 1.